The van der Waals surface area contributed by atoms with Crippen molar-refractivity contribution < 1.29 is 30.0 Å². The molecular formula is C37H45IrN2O2S-. The van der Waals surface area contributed by atoms with Gasteiger partial charge < -0.3 is 10.1 Å². The summed E-state index contributed by atoms with van der Waals surface area (Å²) >= 11 is 1.75. The number of aryl methyl sites for hydroxylation is 1. The van der Waals surface area contributed by atoms with Gasteiger partial charge in [0.2, 0.25) is 0 Å². The Morgan fingerprint density at radius 2 is 1.58 bits per heavy atom. The van der Waals surface area contributed by atoms with Crippen LogP contribution in [-0.4, -0.2) is 20.9 Å². The zero-order valence-electron chi connectivity index (χ0n) is 27.4. The molecule has 43 heavy (non-hydrogen) atoms. The maximum absolute atomic E-state index is 11.5. The monoisotopic (exact) mass is 774 g/mol. The second-order valence-electron chi connectivity index (χ2n) is 13.8. The smallest absolute Gasteiger partial charge is 0.164 e. The number of fused-ring (bicyclic) bond motifs is 3. The fourth-order valence-electron chi connectivity index (χ4n) is 5.43. The number of hydrogen-bond donors (Lipinski definition) is 1. The fraction of sp³-hybridized carbons (Fsp3) is 0.432. The van der Waals surface area contributed by atoms with E-state index in [2.05, 4.69) is 84.9 Å². The average Bonchev–Trinajstić information content (AvgIpc) is 2.91. The van der Waals surface area contributed by atoms with Crippen molar-refractivity contribution in [3.63, 3.8) is 0 Å². The summed E-state index contributed by atoms with van der Waals surface area (Å²) in [7, 11) is 0. The first-order chi connectivity index (χ1) is 19.5. The molecule has 0 amide bonds. The number of aromatic nitrogens is 2. The molecule has 0 atom stereocenters. The van der Waals surface area contributed by atoms with Crippen molar-refractivity contribution in [2.45, 2.75) is 110 Å². The summed E-state index contributed by atoms with van der Waals surface area (Å²) in [6.45, 7) is 23.2. The molecule has 0 bridgehead atoms. The van der Waals surface area contributed by atoms with Gasteiger partial charge in [-0.05, 0) is 65.5 Å². The number of para-hydroxylation sites is 1. The number of nitrogens with zero attached hydrogens (tertiary/aromatic N) is 2. The van der Waals surface area contributed by atoms with E-state index in [1.54, 1.807) is 11.8 Å². The Hall–Kier alpha value is -2.53. The molecule has 1 radical (unpaired) electrons. The van der Waals surface area contributed by atoms with Crippen molar-refractivity contribution in [1.82, 2.24) is 9.97 Å². The van der Waals surface area contributed by atoms with E-state index in [-0.39, 0.29) is 47.9 Å². The van der Waals surface area contributed by atoms with Crippen molar-refractivity contribution in [2.24, 2.45) is 5.41 Å². The van der Waals surface area contributed by atoms with Crippen LogP contribution in [0.5, 0.6) is 0 Å². The molecule has 2 aromatic carbocycles. The van der Waals surface area contributed by atoms with Crippen LogP contribution >= 0.6 is 11.8 Å². The number of pyridine rings is 2. The number of aliphatic hydroxyl groups is 1. The molecule has 4 nitrogen and oxygen atoms in total. The van der Waals surface area contributed by atoms with E-state index in [1.807, 2.05) is 27.0 Å². The Balaban J connectivity index is 0.000000334. The number of hydrogen-bond acceptors (Lipinski definition) is 5. The quantitative estimate of drug-likeness (QED) is 0.112. The summed E-state index contributed by atoms with van der Waals surface area (Å²) < 4.78 is 0. The molecule has 5 rings (SSSR count). The second kappa shape index (κ2) is 12.8. The number of aliphatic hydroxyl groups excluding tert-OH is 1. The van der Waals surface area contributed by atoms with Gasteiger partial charge in [0.1, 0.15) is 0 Å². The first-order valence-corrected chi connectivity index (χ1v) is 15.7. The molecule has 0 aliphatic carbocycles. The maximum Gasteiger partial charge on any atom is 0.164 e. The third-order valence-corrected chi connectivity index (χ3v) is 9.51. The second-order valence-corrected chi connectivity index (χ2v) is 14.8. The molecule has 6 heteroatoms. The summed E-state index contributed by atoms with van der Waals surface area (Å²) in [6.07, 6.45) is 4.95. The molecule has 4 aromatic rings. The summed E-state index contributed by atoms with van der Waals surface area (Å²) in [6, 6.07) is 14.7. The number of allylic oxidation sites excluding steroid dienone is 2. The molecule has 0 fully saturated rings. The molecule has 1 N–H and O–H groups in total. The zero-order chi connectivity index (χ0) is 31.2. The van der Waals surface area contributed by atoms with Gasteiger partial charge in [-0.25, -0.2) is 0 Å². The largest absolute Gasteiger partial charge is 0.512 e. The third kappa shape index (κ3) is 6.92. The van der Waals surface area contributed by atoms with Gasteiger partial charge in [0.05, 0.1) is 5.76 Å². The van der Waals surface area contributed by atoms with Crippen LogP contribution in [0.2, 0.25) is 0 Å². The molecule has 3 heterocycles. The van der Waals surface area contributed by atoms with E-state index < -0.39 is 0 Å². The summed E-state index contributed by atoms with van der Waals surface area (Å²) in [5.41, 5.74) is 6.75. The van der Waals surface area contributed by atoms with E-state index >= 15 is 0 Å². The Bertz CT molecular complexity index is 1700. The Labute approximate surface area is 275 Å². The van der Waals surface area contributed by atoms with Gasteiger partial charge >= 0.3 is 0 Å². The van der Waals surface area contributed by atoms with Crippen LogP contribution in [0.15, 0.2) is 58.3 Å². The third-order valence-electron chi connectivity index (χ3n) is 8.46. The van der Waals surface area contributed by atoms with Gasteiger partial charge in [-0.15, -0.1) is 23.9 Å². The van der Waals surface area contributed by atoms with E-state index in [9.17, 15) is 4.79 Å². The van der Waals surface area contributed by atoms with E-state index in [1.165, 1.54) is 45.4 Å². The predicted octanol–water partition coefficient (Wildman–Crippen LogP) is 10.5. The number of carbonyl (C=O) groups excluding carboxylic acids is 1. The molecule has 0 saturated heterocycles. The SMILES string of the molecule is CCC(C)(CC)C(=O)/C=C(/C)O.Cc1cnc2c3c(ccc(C(C)(C)C)c13)Sc1nc3c(C(C)(C)C)cccc3[c-]c1-2.[Ir]. The van der Waals surface area contributed by atoms with Gasteiger partial charge in [-0.1, -0.05) is 97.0 Å². The number of rotatable bonds is 4. The molecule has 231 valence electrons. The van der Waals surface area contributed by atoms with Crippen LogP contribution in [0.1, 0.15) is 98.8 Å². The van der Waals surface area contributed by atoms with Gasteiger partial charge in [0.25, 0.3) is 0 Å². The fourth-order valence-corrected chi connectivity index (χ4v) is 6.47. The van der Waals surface area contributed by atoms with Crippen molar-refractivity contribution in [1.29, 1.82) is 0 Å². The van der Waals surface area contributed by atoms with Crippen molar-refractivity contribution in [3.05, 3.63) is 71.1 Å². The summed E-state index contributed by atoms with van der Waals surface area (Å²) in [4.78, 5) is 22.8. The van der Waals surface area contributed by atoms with Gasteiger partial charge in [-0.2, -0.15) is 0 Å². The van der Waals surface area contributed by atoms with Gasteiger partial charge in [0, 0.05) is 58.9 Å². The molecule has 0 spiro atoms. The van der Waals surface area contributed by atoms with Crippen molar-refractivity contribution in [3.8, 4) is 11.3 Å². The minimum atomic E-state index is -0.302. The zero-order valence-corrected chi connectivity index (χ0v) is 30.7. The normalized spacial score (nSPS) is 13.2. The van der Waals surface area contributed by atoms with Crippen molar-refractivity contribution >= 4 is 39.2 Å². The minimum absolute atomic E-state index is 0. The van der Waals surface area contributed by atoms with E-state index in [4.69, 9.17) is 15.1 Å². The topological polar surface area (TPSA) is 63.1 Å². The Kier molecular flexibility index (Phi) is 10.4. The summed E-state index contributed by atoms with van der Waals surface area (Å²) in [5, 5.41) is 13.6. The Morgan fingerprint density at radius 3 is 2.14 bits per heavy atom. The van der Waals surface area contributed by atoms with Crippen LogP contribution < -0.4 is 0 Å². The van der Waals surface area contributed by atoms with Crippen LogP contribution in [0, 0.1) is 18.4 Å². The van der Waals surface area contributed by atoms with Crippen LogP contribution in [-0.2, 0) is 35.7 Å². The molecule has 1 aliphatic rings. The molecule has 2 aromatic heterocycles. The average molecular weight is 774 g/mol. The van der Waals surface area contributed by atoms with E-state index in [0.29, 0.717) is 0 Å². The van der Waals surface area contributed by atoms with Crippen molar-refractivity contribution in [2.75, 3.05) is 0 Å². The van der Waals surface area contributed by atoms with Crippen LogP contribution in [0.4, 0.5) is 0 Å². The van der Waals surface area contributed by atoms with Crippen LogP contribution in [0.3, 0.4) is 0 Å². The van der Waals surface area contributed by atoms with Crippen LogP contribution in [0.25, 0.3) is 32.9 Å². The molecule has 1 aliphatic heterocycles. The number of carbonyl (C=O) groups is 1. The minimum Gasteiger partial charge on any atom is -0.512 e. The molecular weight excluding hydrogens is 729 g/mol. The maximum atomic E-state index is 11.5. The molecule has 0 unspecified atom stereocenters. The van der Waals surface area contributed by atoms with Gasteiger partial charge in [0.15, 0.2) is 5.78 Å². The first kappa shape index (κ1) is 35.0. The Morgan fingerprint density at radius 1 is 0.953 bits per heavy atom. The molecule has 0 saturated carbocycles. The first-order valence-electron chi connectivity index (χ1n) is 14.9. The van der Waals surface area contributed by atoms with E-state index in [0.717, 1.165) is 40.0 Å². The predicted molar refractivity (Wildman–Crippen MR) is 178 cm³/mol. The number of benzene rings is 2. The summed E-state index contributed by atoms with van der Waals surface area (Å²) in [5.74, 6) is 0.112. The van der Waals surface area contributed by atoms with Gasteiger partial charge in [-0.3, -0.25) is 9.78 Å². The number of ketones is 1. The standard InChI is InChI=1S/C27H27N2S.C10H18O2.Ir/c1-15-14-28-24-17-13-16-9-8-10-19(27(5,6)7)23(16)29-25(17)30-20-12-11-18(26(2,3)4)21(15)22(20)24;1-5-10(4,6-2)9(12)7-8(3)11;/h8-12,14H,1-7H3;7,11H,5-6H2,1-4H3;/q-1;;/b;8-7-;.